The third-order valence-electron chi connectivity index (χ3n) is 5.24. The smallest absolute Gasteiger partial charge is 0.240 e. The summed E-state index contributed by atoms with van der Waals surface area (Å²) in [5, 5.41) is 3.47. The summed E-state index contributed by atoms with van der Waals surface area (Å²) in [6.07, 6.45) is 0.587. The Bertz CT molecular complexity index is 1070. The van der Waals surface area contributed by atoms with Gasteiger partial charge in [0.05, 0.1) is 12.0 Å². The summed E-state index contributed by atoms with van der Waals surface area (Å²) in [6, 6.07) is 24.4. The first kappa shape index (κ1) is 23.0. The Morgan fingerprint density at radius 2 is 1.65 bits per heavy atom. The van der Waals surface area contributed by atoms with E-state index >= 15 is 0 Å². The Morgan fingerprint density at radius 1 is 0.935 bits per heavy atom. The standard InChI is InChI=1S/C25H30N2O3S/c1-19-12-14-25(15-13-19)31(28,29)27-23(16-21-8-5-4-6-9-21)18-26-20(2)22-10-7-11-24(17-22)30-3/h4-15,17,20,23,26-27H,16,18H2,1-3H3/t20-,23?/m1/s1. The van der Waals surface area contributed by atoms with Crippen LogP contribution in [0.15, 0.2) is 83.8 Å². The third kappa shape index (κ3) is 6.66. The lowest BCUT2D eigenvalue weighted by Crippen LogP contribution is -2.44. The first-order valence-electron chi connectivity index (χ1n) is 10.4. The maximum atomic E-state index is 13.0. The Hall–Kier alpha value is -2.67. The van der Waals surface area contributed by atoms with Gasteiger partial charge in [-0.05, 0) is 55.7 Å². The van der Waals surface area contributed by atoms with Gasteiger partial charge in [-0.3, -0.25) is 0 Å². The molecule has 2 atom stereocenters. The minimum Gasteiger partial charge on any atom is -0.497 e. The lowest BCUT2D eigenvalue weighted by atomic mass is 10.0. The molecule has 31 heavy (non-hydrogen) atoms. The fourth-order valence-corrected chi connectivity index (χ4v) is 4.64. The Labute approximate surface area is 185 Å². The molecule has 1 unspecified atom stereocenters. The van der Waals surface area contributed by atoms with Crippen molar-refractivity contribution in [1.82, 2.24) is 10.0 Å². The molecule has 0 fully saturated rings. The summed E-state index contributed by atoms with van der Waals surface area (Å²) < 4.78 is 34.2. The number of rotatable bonds is 10. The van der Waals surface area contributed by atoms with Crippen molar-refractivity contribution in [3.8, 4) is 5.75 Å². The average Bonchev–Trinajstić information content (AvgIpc) is 2.78. The van der Waals surface area contributed by atoms with E-state index in [-0.39, 0.29) is 17.0 Å². The molecule has 0 spiro atoms. The molecule has 3 aromatic carbocycles. The number of nitrogens with one attached hydrogen (secondary N) is 2. The molecule has 0 aliphatic rings. The monoisotopic (exact) mass is 438 g/mol. The molecule has 0 radical (unpaired) electrons. The summed E-state index contributed by atoms with van der Waals surface area (Å²) in [5.74, 6) is 0.798. The van der Waals surface area contributed by atoms with Crippen LogP contribution in [0, 0.1) is 6.92 Å². The van der Waals surface area contributed by atoms with E-state index in [1.54, 1.807) is 19.2 Å². The second-order valence-electron chi connectivity index (χ2n) is 7.73. The Kier molecular flexibility index (Phi) is 7.85. The molecule has 0 amide bonds. The second-order valence-corrected chi connectivity index (χ2v) is 9.44. The maximum Gasteiger partial charge on any atom is 0.240 e. The first-order valence-corrected chi connectivity index (χ1v) is 11.9. The lowest BCUT2D eigenvalue weighted by Gasteiger charge is -2.23. The summed E-state index contributed by atoms with van der Waals surface area (Å²) in [5.41, 5.74) is 3.18. The molecule has 0 aliphatic carbocycles. The van der Waals surface area contributed by atoms with Gasteiger partial charge in [-0.15, -0.1) is 0 Å². The van der Waals surface area contributed by atoms with Crippen molar-refractivity contribution in [3.63, 3.8) is 0 Å². The van der Waals surface area contributed by atoms with Gasteiger partial charge in [-0.25, -0.2) is 13.1 Å². The van der Waals surface area contributed by atoms with E-state index in [0.29, 0.717) is 13.0 Å². The fourth-order valence-electron chi connectivity index (χ4n) is 3.41. The van der Waals surface area contributed by atoms with Crippen molar-refractivity contribution < 1.29 is 13.2 Å². The van der Waals surface area contributed by atoms with E-state index in [4.69, 9.17) is 4.74 Å². The zero-order chi connectivity index (χ0) is 22.3. The van der Waals surface area contributed by atoms with Gasteiger partial charge < -0.3 is 10.1 Å². The van der Waals surface area contributed by atoms with Crippen LogP contribution in [0.4, 0.5) is 0 Å². The molecule has 0 saturated carbocycles. The lowest BCUT2D eigenvalue weighted by molar-refractivity contribution is 0.413. The van der Waals surface area contributed by atoms with Gasteiger partial charge in [0.1, 0.15) is 5.75 Å². The fraction of sp³-hybridized carbons (Fsp3) is 0.280. The van der Waals surface area contributed by atoms with Gasteiger partial charge in [0.15, 0.2) is 0 Å². The molecule has 0 saturated heterocycles. The van der Waals surface area contributed by atoms with Crippen LogP contribution in [0.5, 0.6) is 5.75 Å². The second kappa shape index (κ2) is 10.6. The molecule has 3 aromatic rings. The van der Waals surface area contributed by atoms with Gasteiger partial charge in [0.25, 0.3) is 0 Å². The largest absolute Gasteiger partial charge is 0.497 e. The zero-order valence-corrected chi connectivity index (χ0v) is 19.0. The SMILES string of the molecule is COc1cccc([C@@H](C)NCC(Cc2ccccc2)NS(=O)(=O)c2ccc(C)cc2)c1. The van der Waals surface area contributed by atoms with E-state index in [0.717, 1.165) is 22.4 Å². The molecule has 0 aromatic heterocycles. The number of aryl methyl sites for hydroxylation is 1. The molecule has 6 heteroatoms. The summed E-state index contributed by atoms with van der Waals surface area (Å²) in [7, 11) is -1.98. The van der Waals surface area contributed by atoms with Crippen molar-refractivity contribution in [1.29, 1.82) is 0 Å². The highest BCUT2D eigenvalue weighted by molar-refractivity contribution is 7.89. The molecule has 2 N–H and O–H groups in total. The van der Waals surface area contributed by atoms with Crippen LogP contribution in [0.25, 0.3) is 0 Å². The number of ether oxygens (including phenoxy) is 1. The van der Waals surface area contributed by atoms with Crippen LogP contribution in [-0.2, 0) is 16.4 Å². The highest BCUT2D eigenvalue weighted by Crippen LogP contribution is 2.19. The predicted octanol–water partition coefficient (Wildman–Crippen LogP) is 4.24. The van der Waals surface area contributed by atoms with E-state index < -0.39 is 10.0 Å². The summed E-state index contributed by atoms with van der Waals surface area (Å²) in [4.78, 5) is 0.275. The van der Waals surface area contributed by atoms with Crippen molar-refractivity contribution in [3.05, 3.63) is 95.6 Å². The Balaban J connectivity index is 1.75. The van der Waals surface area contributed by atoms with Gasteiger partial charge in [-0.2, -0.15) is 0 Å². The normalized spacial score (nSPS) is 13.5. The summed E-state index contributed by atoms with van der Waals surface area (Å²) >= 11 is 0. The van der Waals surface area contributed by atoms with E-state index in [1.165, 1.54) is 0 Å². The minimum atomic E-state index is -3.63. The van der Waals surface area contributed by atoms with E-state index in [2.05, 4.69) is 17.0 Å². The van der Waals surface area contributed by atoms with Gasteiger partial charge in [0.2, 0.25) is 10.0 Å². The number of benzene rings is 3. The topological polar surface area (TPSA) is 67.4 Å². The molecular formula is C25H30N2O3S. The minimum absolute atomic E-state index is 0.0391. The van der Waals surface area contributed by atoms with Crippen LogP contribution in [-0.4, -0.2) is 28.1 Å². The van der Waals surface area contributed by atoms with E-state index in [1.807, 2.05) is 73.7 Å². The molecular weight excluding hydrogens is 408 g/mol. The van der Waals surface area contributed by atoms with Crippen LogP contribution in [0.1, 0.15) is 29.7 Å². The van der Waals surface area contributed by atoms with Crippen molar-refractivity contribution in [2.45, 2.75) is 37.2 Å². The quantitative estimate of drug-likeness (QED) is 0.497. The van der Waals surface area contributed by atoms with Crippen molar-refractivity contribution >= 4 is 10.0 Å². The third-order valence-corrected chi connectivity index (χ3v) is 6.78. The van der Waals surface area contributed by atoms with Crippen LogP contribution in [0.2, 0.25) is 0 Å². The molecule has 3 rings (SSSR count). The molecule has 0 bridgehead atoms. The highest BCUT2D eigenvalue weighted by Gasteiger charge is 2.21. The number of hydrogen-bond donors (Lipinski definition) is 2. The average molecular weight is 439 g/mol. The van der Waals surface area contributed by atoms with Gasteiger partial charge >= 0.3 is 0 Å². The first-order chi connectivity index (χ1) is 14.9. The van der Waals surface area contributed by atoms with Gasteiger partial charge in [0, 0.05) is 18.6 Å². The molecule has 0 aliphatic heterocycles. The number of methoxy groups -OCH3 is 1. The van der Waals surface area contributed by atoms with Crippen molar-refractivity contribution in [2.24, 2.45) is 0 Å². The van der Waals surface area contributed by atoms with Crippen LogP contribution >= 0.6 is 0 Å². The van der Waals surface area contributed by atoms with Crippen LogP contribution in [0.3, 0.4) is 0 Å². The zero-order valence-electron chi connectivity index (χ0n) is 18.2. The van der Waals surface area contributed by atoms with E-state index in [9.17, 15) is 8.42 Å². The molecule has 5 nitrogen and oxygen atoms in total. The van der Waals surface area contributed by atoms with Gasteiger partial charge in [-0.1, -0.05) is 60.2 Å². The highest BCUT2D eigenvalue weighted by atomic mass is 32.2. The molecule has 164 valence electrons. The summed E-state index contributed by atoms with van der Waals surface area (Å²) in [6.45, 7) is 4.48. The Morgan fingerprint density at radius 3 is 2.32 bits per heavy atom. The number of sulfonamides is 1. The van der Waals surface area contributed by atoms with Crippen molar-refractivity contribution in [2.75, 3.05) is 13.7 Å². The molecule has 0 heterocycles. The maximum absolute atomic E-state index is 13.0. The predicted molar refractivity (Wildman–Crippen MR) is 125 cm³/mol. The number of hydrogen-bond acceptors (Lipinski definition) is 4. The van der Waals surface area contributed by atoms with Crippen LogP contribution < -0.4 is 14.8 Å².